The second kappa shape index (κ2) is 5.13. The predicted molar refractivity (Wildman–Crippen MR) is 83.6 cm³/mol. The third-order valence-corrected chi connectivity index (χ3v) is 4.34. The lowest BCUT2D eigenvalue weighted by Crippen LogP contribution is -2.36. The average molecular weight is 319 g/mol. The van der Waals surface area contributed by atoms with Crippen molar-refractivity contribution < 1.29 is 14.2 Å². The van der Waals surface area contributed by atoms with Gasteiger partial charge in [0, 0.05) is 12.7 Å². The molecule has 2 fully saturated rings. The van der Waals surface area contributed by atoms with Crippen LogP contribution in [0, 0.1) is 0 Å². The molecule has 0 aromatic carbocycles. The zero-order chi connectivity index (χ0) is 16.2. The van der Waals surface area contributed by atoms with Gasteiger partial charge in [0.05, 0.1) is 5.39 Å². The van der Waals surface area contributed by atoms with Crippen LogP contribution in [0.3, 0.4) is 0 Å². The van der Waals surface area contributed by atoms with Crippen LogP contribution in [0.4, 0.5) is 5.82 Å². The van der Waals surface area contributed by atoms with E-state index in [0.717, 1.165) is 11.0 Å². The molecule has 0 bridgehead atoms. The van der Waals surface area contributed by atoms with Crippen LogP contribution in [0.5, 0.6) is 0 Å². The van der Waals surface area contributed by atoms with Crippen molar-refractivity contribution >= 4 is 16.9 Å². The van der Waals surface area contributed by atoms with Gasteiger partial charge in [-0.1, -0.05) is 0 Å². The number of hydrogen-bond donors (Lipinski definition) is 2. The Labute approximate surface area is 133 Å². The molecule has 8 nitrogen and oxygen atoms in total. The van der Waals surface area contributed by atoms with E-state index in [1.807, 2.05) is 37.7 Å². The van der Waals surface area contributed by atoms with Crippen molar-refractivity contribution in [2.24, 2.45) is 0 Å². The maximum atomic E-state index is 6.20. The third kappa shape index (κ3) is 2.29. The molecule has 0 aliphatic carbocycles. The summed E-state index contributed by atoms with van der Waals surface area (Å²) in [6, 6.07) is 1.90. The molecule has 2 aromatic rings. The first-order valence-corrected chi connectivity index (χ1v) is 7.73. The van der Waals surface area contributed by atoms with Crippen LogP contribution < -0.4 is 11.1 Å². The Morgan fingerprint density at radius 2 is 2.09 bits per heavy atom. The van der Waals surface area contributed by atoms with E-state index in [2.05, 4.69) is 15.3 Å². The second-order valence-electron chi connectivity index (χ2n) is 6.41. The van der Waals surface area contributed by atoms with Gasteiger partial charge in [0.15, 0.2) is 12.0 Å². The molecule has 4 atom stereocenters. The number of nitrogens with one attached hydrogen (secondary N) is 1. The van der Waals surface area contributed by atoms with Gasteiger partial charge in [0.25, 0.3) is 0 Å². The molecule has 4 heterocycles. The summed E-state index contributed by atoms with van der Waals surface area (Å²) in [5.74, 6) is -0.167. The number of aromatic nitrogens is 3. The Balaban J connectivity index is 1.74. The molecule has 2 aromatic heterocycles. The van der Waals surface area contributed by atoms with Gasteiger partial charge in [-0.05, 0) is 27.0 Å². The Hall–Kier alpha value is -1.74. The maximum absolute atomic E-state index is 6.20. The van der Waals surface area contributed by atoms with Gasteiger partial charge < -0.3 is 29.8 Å². The molecule has 2 saturated heterocycles. The standard InChI is InChI=1S/C15H21N5O3/c1-15(2)22-10-9(6-17-3)21-14(11(10)23-15)20-5-4-8-12(16)18-7-19-13(8)20/h4-5,7,9-11,14,17H,6H2,1-3H3,(H2,16,18,19)/t9?,10-,11-,14?/m1/s1. The van der Waals surface area contributed by atoms with Crippen LogP contribution in [0.2, 0.25) is 0 Å². The van der Waals surface area contributed by atoms with Gasteiger partial charge in [0.2, 0.25) is 0 Å². The predicted octanol–water partition coefficient (Wildman–Crippen LogP) is 0.650. The zero-order valence-electron chi connectivity index (χ0n) is 13.4. The molecule has 0 saturated carbocycles. The largest absolute Gasteiger partial charge is 0.383 e. The first-order valence-electron chi connectivity index (χ1n) is 7.73. The van der Waals surface area contributed by atoms with Crippen LogP contribution in [-0.4, -0.2) is 52.2 Å². The molecule has 0 radical (unpaired) electrons. The summed E-state index contributed by atoms with van der Waals surface area (Å²) in [7, 11) is 1.89. The Morgan fingerprint density at radius 1 is 1.30 bits per heavy atom. The highest BCUT2D eigenvalue weighted by Crippen LogP contribution is 2.43. The molecule has 2 aliphatic rings. The molecular weight excluding hydrogens is 298 g/mol. The van der Waals surface area contributed by atoms with E-state index in [1.165, 1.54) is 6.33 Å². The van der Waals surface area contributed by atoms with E-state index in [9.17, 15) is 0 Å². The zero-order valence-corrected chi connectivity index (χ0v) is 13.4. The van der Waals surface area contributed by atoms with Crippen molar-refractivity contribution in [1.29, 1.82) is 0 Å². The van der Waals surface area contributed by atoms with E-state index < -0.39 is 5.79 Å². The van der Waals surface area contributed by atoms with Crippen LogP contribution in [0.25, 0.3) is 11.0 Å². The minimum Gasteiger partial charge on any atom is -0.383 e. The highest BCUT2D eigenvalue weighted by molar-refractivity contribution is 5.86. The summed E-state index contributed by atoms with van der Waals surface area (Å²) < 4.78 is 20.3. The number of hydrogen-bond acceptors (Lipinski definition) is 7. The number of anilines is 1. The summed E-state index contributed by atoms with van der Waals surface area (Å²) in [6.45, 7) is 4.53. The quantitative estimate of drug-likeness (QED) is 0.857. The summed E-state index contributed by atoms with van der Waals surface area (Å²) in [4.78, 5) is 8.38. The number of nitrogens with zero attached hydrogens (tertiary/aromatic N) is 3. The van der Waals surface area contributed by atoms with E-state index in [-0.39, 0.29) is 24.5 Å². The lowest BCUT2D eigenvalue weighted by Gasteiger charge is -2.25. The molecule has 0 spiro atoms. The Bertz CT molecular complexity index is 731. The number of nitrogen functional groups attached to an aromatic ring is 1. The minimum absolute atomic E-state index is 0.0894. The molecule has 2 aliphatic heterocycles. The second-order valence-corrected chi connectivity index (χ2v) is 6.41. The van der Waals surface area contributed by atoms with Gasteiger partial charge in [-0.25, -0.2) is 9.97 Å². The van der Waals surface area contributed by atoms with Crippen molar-refractivity contribution in [3.63, 3.8) is 0 Å². The van der Waals surface area contributed by atoms with Gasteiger partial charge >= 0.3 is 0 Å². The minimum atomic E-state index is -0.625. The van der Waals surface area contributed by atoms with Crippen molar-refractivity contribution in [2.75, 3.05) is 19.3 Å². The van der Waals surface area contributed by atoms with Crippen LogP contribution in [0.15, 0.2) is 18.6 Å². The van der Waals surface area contributed by atoms with Crippen molar-refractivity contribution in [3.05, 3.63) is 18.6 Å². The van der Waals surface area contributed by atoms with Crippen LogP contribution in [0.1, 0.15) is 20.1 Å². The van der Waals surface area contributed by atoms with Crippen LogP contribution in [-0.2, 0) is 14.2 Å². The normalized spacial score (nSPS) is 32.5. The summed E-state index contributed by atoms with van der Waals surface area (Å²) in [6.07, 6.45) is 2.64. The SMILES string of the molecule is CNCC1OC(n2ccc3c(N)ncnc32)[C@@H]2OC(C)(C)O[C@H]12. The van der Waals surface area contributed by atoms with E-state index in [1.54, 1.807) is 0 Å². The van der Waals surface area contributed by atoms with E-state index in [4.69, 9.17) is 19.9 Å². The summed E-state index contributed by atoms with van der Waals surface area (Å²) >= 11 is 0. The molecule has 4 rings (SSSR count). The monoisotopic (exact) mass is 319 g/mol. The number of ether oxygens (including phenoxy) is 3. The lowest BCUT2D eigenvalue weighted by atomic mass is 10.1. The molecule has 3 N–H and O–H groups in total. The van der Waals surface area contributed by atoms with Crippen LogP contribution >= 0.6 is 0 Å². The maximum Gasteiger partial charge on any atom is 0.164 e. The van der Waals surface area contributed by atoms with Gasteiger partial charge in [0.1, 0.15) is 36.1 Å². The smallest absolute Gasteiger partial charge is 0.164 e. The molecule has 124 valence electrons. The first-order chi connectivity index (χ1) is 11.0. The topological polar surface area (TPSA) is 96.5 Å². The summed E-state index contributed by atoms with van der Waals surface area (Å²) in [5, 5.41) is 3.95. The fourth-order valence-electron chi connectivity index (χ4n) is 3.44. The fourth-order valence-corrected chi connectivity index (χ4v) is 3.44. The molecule has 0 amide bonds. The third-order valence-electron chi connectivity index (χ3n) is 4.34. The Morgan fingerprint density at radius 3 is 2.87 bits per heavy atom. The van der Waals surface area contributed by atoms with Gasteiger partial charge in [-0.2, -0.15) is 0 Å². The van der Waals surface area contributed by atoms with E-state index in [0.29, 0.717) is 12.4 Å². The van der Waals surface area contributed by atoms with Crippen molar-refractivity contribution in [3.8, 4) is 0 Å². The van der Waals surface area contributed by atoms with Crippen molar-refractivity contribution in [1.82, 2.24) is 19.9 Å². The average Bonchev–Trinajstić information content (AvgIpc) is 3.13. The van der Waals surface area contributed by atoms with Gasteiger partial charge in [-0.15, -0.1) is 0 Å². The lowest BCUT2D eigenvalue weighted by molar-refractivity contribution is -0.195. The molecule has 8 heteroatoms. The van der Waals surface area contributed by atoms with Crippen molar-refractivity contribution in [2.45, 2.75) is 44.2 Å². The number of rotatable bonds is 3. The first kappa shape index (κ1) is 14.8. The number of nitrogens with two attached hydrogens (primary N) is 1. The number of fused-ring (bicyclic) bond motifs is 2. The highest BCUT2D eigenvalue weighted by Gasteiger charge is 2.55. The Kier molecular flexibility index (Phi) is 3.31. The summed E-state index contributed by atoms with van der Waals surface area (Å²) in [5.41, 5.74) is 6.66. The van der Waals surface area contributed by atoms with E-state index >= 15 is 0 Å². The van der Waals surface area contributed by atoms with Gasteiger partial charge in [-0.3, -0.25) is 0 Å². The molecular formula is C15H21N5O3. The highest BCUT2D eigenvalue weighted by atomic mass is 16.8. The fraction of sp³-hybridized carbons (Fsp3) is 0.600. The number of likely N-dealkylation sites (N-methyl/N-ethyl adjacent to an activating group) is 1. The molecule has 23 heavy (non-hydrogen) atoms. The molecule has 2 unspecified atom stereocenters.